The molecular weight excluding hydrogens is 292 g/mol. The summed E-state index contributed by atoms with van der Waals surface area (Å²) in [7, 11) is 0. The van der Waals surface area contributed by atoms with Gasteiger partial charge < -0.3 is 5.32 Å². The van der Waals surface area contributed by atoms with Gasteiger partial charge in [-0.15, -0.1) is 11.3 Å². The number of thiazole rings is 1. The van der Waals surface area contributed by atoms with Crippen LogP contribution in [0.2, 0.25) is 0 Å². The number of benzene rings is 1. The molecule has 0 aliphatic carbocycles. The lowest BCUT2D eigenvalue weighted by Crippen LogP contribution is -1.96. The van der Waals surface area contributed by atoms with Gasteiger partial charge >= 0.3 is 0 Å². The van der Waals surface area contributed by atoms with E-state index in [0.29, 0.717) is 0 Å². The van der Waals surface area contributed by atoms with E-state index in [1.165, 1.54) is 15.8 Å². The van der Waals surface area contributed by atoms with Crippen LogP contribution in [0.4, 0.5) is 11.4 Å². The molecule has 3 aromatic heterocycles. The Hall–Kier alpha value is -2.40. The fourth-order valence-corrected chi connectivity index (χ4v) is 3.56. The van der Waals surface area contributed by atoms with Crippen LogP contribution >= 0.6 is 11.3 Å². The molecule has 4 nitrogen and oxygen atoms in total. The molecule has 110 valence electrons. The molecule has 0 bridgehead atoms. The van der Waals surface area contributed by atoms with Gasteiger partial charge in [-0.05, 0) is 56.2 Å². The smallest absolute Gasteiger partial charge is 0.0913 e. The summed E-state index contributed by atoms with van der Waals surface area (Å²) in [6.45, 7) is 6.28. The van der Waals surface area contributed by atoms with Crippen molar-refractivity contribution in [3.05, 3.63) is 52.8 Å². The molecule has 4 rings (SSSR count). The average Bonchev–Trinajstić information content (AvgIpc) is 2.99. The standard InChI is InChI=1S/C17H16N4S/c1-10-9-21-17(11(10)2)14(6-7-18-21)20-13-4-5-16-15(8-13)19-12(3)22-16/h4-9,20H,1-3H3. The van der Waals surface area contributed by atoms with E-state index >= 15 is 0 Å². The molecule has 0 aliphatic heterocycles. The van der Waals surface area contributed by atoms with E-state index in [1.54, 1.807) is 11.3 Å². The highest BCUT2D eigenvalue weighted by Gasteiger charge is 2.09. The first-order valence-corrected chi connectivity index (χ1v) is 8.01. The van der Waals surface area contributed by atoms with Crippen molar-refractivity contribution in [2.24, 2.45) is 0 Å². The Bertz CT molecular complexity index is 997. The van der Waals surface area contributed by atoms with E-state index in [-0.39, 0.29) is 0 Å². The minimum Gasteiger partial charge on any atom is -0.354 e. The number of nitrogens with one attached hydrogen (secondary N) is 1. The Morgan fingerprint density at radius 2 is 2.00 bits per heavy atom. The van der Waals surface area contributed by atoms with Crippen LogP contribution in [-0.4, -0.2) is 14.6 Å². The van der Waals surface area contributed by atoms with Crippen molar-refractivity contribution >= 4 is 38.4 Å². The van der Waals surface area contributed by atoms with Crippen molar-refractivity contribution in [1.29, 1.82) is 0 Å². The number of hydrogen-bond acceptors (Lipinski definition) is 4. The fraction of sp³-hybridized carbons (Fsp3) is 0.176. The number of aryl methyl sites for hydroxylation is 3. The van der Waals surface area contributed by atoms with Crippen LogP contribution in [0.5, 0.6) is 0 Å². The second kappa shape index (κ2) is 4.81. The molecule has 4 aromatic rings. The topological polar surface area (TPSA) is 42.2 Å². The lowest BCUT2D eigenvalue weighted by atomic mass is 10.2. The zero-order valence-corrected chi connectivity index (χ0v) is 13.5. The summed E-state index contributed by atoms with van der Waals surface area (Å²) < 4.78 is 3.15. The molecule has 0 aliphatic rings. The Labute approximate surface area is 132 Å². The highest BCUT2D eigenvalue weighted by atomic mass is 32.1. The largest absolute Gasteiger partial charge is 0.354 e. The molecule has 3 heterocycles. The van der Waals surface area contributed by atoms with E-state index in [1.807, 2.05) is 23.7 Å². The quantitative estimate of drug-likeness (QED) is 0.588. The fourth-order valence-electron chi connectivity index (χ4n) is 2.76. The molecule has 0 radical (unpaired) electrons. The molecule has 0 saturated carbocycles. The third-order valence-corrected chi connectivity index (χ3v) is 4.90. The maximum atomic E-state index is 4.56. The molecule has 0 spiro atoms. The number of fused-ring (bicyclic) bond motifs is 2. The molecule has 0 fully saturated rings. The number of aromatic nitrogens is 3. The van der Waals surface area contributed by atoms with Crippen LogP contribution < -0.4 is 5.32 Å². The number of nitrogens with zero attached hydrogens (tertiary/aromatic N) is 3. The summed E-state index contributed by atoms with van der Waals surface area (Å²) in [6, 6.07) is 8.33. The highest BCUT2D eigenvalue weighted by Crippen LogP contribution is 2.29. The van der Waals surface area contributed by atoms with Crippen LogP contribution in [0, 0.1) is 20.8 Å². The minimum atomic E-state index is 1.04. The molecule has 5 heteroatoms. The van der Waals surface area contributed by atoms with Crippen molar-refractivity contribution < 1.29 is 0 Å². The monoisotopic (exact) mass is 308 g/mol. The summed E-state index contributed by atoms with van der Waals surface area (Å²) in [5.74, 6) is 0. The Balaban J connectivity index is 1.81. The maximum absolute atomic E-state index is 4.56. The van der Waals surface area contributed by atoms with Gasteiger partial charge in [0.05, 0.1) is 26.4 Å². The highest BCUT2D eigenvalue weighted by molar-refractivity contribution is 7.18. The zero-order valence-electron chi connectivity index (χ0n) is 12.7. The molecular formula is C17H16N4S. The first-order chi connectivity index (χ1) is 10.6. The van der Waals surface area contributed by atoms with Gasteiger partial charge in [0.15, 0.2) is 0 Å². The summed E-state index contributed by atoms with van der Waals surface area (Å²) in [5.41, 5.74) is 6.76. The van der Waals surface area contributed by atoms with Gasteiger partial charge in [-0.25, -0.2) is 9.50 Å². The van der Waals surface area contributed by atoms with Gasteiger partial charge in [-0.3, -0.25) is 0 Å². The van der Waals surface area contributed by atoms with Gasteiger partial charge in [-0.1, -0.05) is 0 Å². The zero-order chi connectivity index (χ0) is 15.3. The van der Waals surface area contributed by atoms with E-state index in [2.05, 4.69) is 53.6 Å². The van der Waals surface area contributed by atoms with E-state index in [0.717, 1.165) is 27.4 Å². The summed E-state index contributed by atoms with van der Waals surface area (Å²) in [5, 5.41) is 8.98. The number of anilines is 2. The summed E-state index contributed by atoms with van der Waals surface area (Å²) >= 11 is 1.72. The molecule has 1 aromatic carbocycles. The van der Waals surface area contributed by atoms with Crippen molar-refractivity contribution in [3.63, 3.8) is 0 Å². The van der Waals surface area contributed by atoms with E-state index in [9.17, 15) is 0 Å². The molecule has 0 saturated heterocycles. The van der Waals surface area contributed by atoms with Crippen molar-refractivity contribution in [3.8, 4) is 0 Å². The van der Waals surface area contributed by atoms with Gasteiger partial charge in [0.1, 0.15) is 0 Å². The van der Waals surface area contributed by atoms with Crippen LogP contribution in [-0.2, 0) is 0 Å². The SMILES string of the molecule is Cc1nc2cc(Nc3ccnn4cc(C)c(C)c34)ccc2s1. The molecule has 0 unspecified atom stereocenters. The molecule has 0 atom stereocenters. The molecule has 0 amide bonds. The second-order valence-electron chi connectivity index (χ2n) is 5.52. The van der Waals surface area contributed by atoms with Gasteiger partial charge in [0.25, 0.3) is 0 Å². The van der Waals surface area contributed by atoms with Crippen LogP contribution in [0.3, 0.4) is 0 Å². The van der Waals surface area contributed by atoms with Crippen molar-refractivity contribution in [2.45, 2.75) is 20.8 Å². The Morgan fingerprint density at radius 3 is 2.86 bits per heavy atom. The third kappa shape index (κ3) is 2.05. The normalized spacial score (nSPS) is 11.4. The first kappa shape index (κ1) is 13.3. The Morgan fingerprint density at radius 1 is 1.14 bits per heavy atom. The first-order valence-electron chi connectivity index (χ1n) is 7.19. The third-order valence-electron chi connectivity index (χ3n) is 3.95. The van der Waals surface area contributed by atoms with Crippen LogP contribution in [0.25, 0.3) is 15.7 Å². The van der Waals surface area contributed by atoms with Crippen LogP contribution in [0.15, 0.2) is 36.7 Å². The molecule has 22 heavy (non-hydrogen) atoms. The lowest BCUT2D eigenvalue weighted by Gasteiger charge is -2.09. The van der Waals surface area contributed by atoms with Gasteiger partial charge in [0, 0.05) is 18.1 Å². The summed E-state index contributed by atoms with van der Waals surface area (Å²) in [4.78, 5) is 4.56. The van der Waals surface area contributed by atoms with Crippen molar-refractivity contribution in [2.75, 3.05) is 5.32 Å². The van der Waals surface area contributed by atoms with E-state index in [4.69, 9.17) is 0 Å². The van der Waals surface area contributed by atoms with E-state index < -0.39 is 0 Å². The predicted octanol–water partition coefficient (Wildman–Crippen LogP) is 4.61. The lowest BCUT2D eigenvalue weighted by molar-refractivity contribution is 0.938. The maximum Gasteiger partial charge on any atom is 0.0913 e. The van der Waals surface area contributed by atoms with Gasteiger partial charge in [0.2, 0.25) is 0 Å². The average molecular weight is 308 g/mol. The Kier molecular flexibility index (Phi) is 2.90. The van der Waals surface area contributed by atoms with Crippen LogP contribution in [0.1, 0.15) is 16.1 Å². The van der Waals surface area contributed by atoms with Crippen molar-refractivity contribution in [1.82, 2.24) is 14.6 Å². The number of rotatable bonds is 2. The van der Waals surface area contributed by atoms with Gasteiger partial charge in [-0.2, -0.15) is 5.10 Å². The second-order valence-corrected chi connectivity index (χ2v) is 6.75. The summed E-state index contributed by atoms with van der Waals surface area (Å²) in [6.07, 6.45) is 3.88. The minimum absolute atomic E-state index is 1.04. The molecule has 1 N–H and O–H groups in total. The predicted molar refractivity (Wildman–Crippen MR) is 92.3 cm³/mol. The number of hydrogen-bond donors (Lipinski definition) is 1.